The highest BCUT2D eigenvalue weighted by Crippen LogP contribution is 2.24. The second kappa shape index (κ2) is 5.86. The number of nitrogens with zero attached hydrogens (tertiary/aromatic N) is 2. The number of nitro groups is 1. The molecule has 1 heterocycles. The summed E-state index contributed by atoms with van der Waals surface area (Å²) in [7, 11) is 0. The summed E-state index contributed by atoms with van der Waals surface area (Å²) in [6.07, 6.45) is 4.64. The molecule has 2 rings (SSSR count). The van der Waals surface area contributed by atoms with Crippen LogP contribution in [0.4, 0.5) is 5.69 Å². The Kier molecular flexibility index (Phi) is 4.19. The van der Waals surface area contributed by atoms with Crippen LogP contribution in [-0.4, -0.2) is 16.0 Å². The summed E-state index contributed by atoms with van der Waals surface area (Å²) in [6, 6.07) is 6.69. The molecule has 2 aromatic rings. The fourth-order valence-corrected chi connectivity index (χ4v) is 2.11. The molecule has 1 aromatic heterocycles. The van der Waals surface area contributed by atoms with Crippen molar-refractivity contribution < 1.29 is 4.92 Å². The molecule has 0 fully saturated rings. The molecule has 0 aliphatic carbocycles. The Morgan fingerprint density at radius 3 is 2.84 bits per heavy atom. The van der Waals surface area contributed by atoms with Crippen LogP contribution in [0.2, 0.25) is 5.02 Å². The van der Waals surface area contributed by atoms with Crippen LogP contribution in [0.3, 0.4) is 0 Å². The van der Waals surface area contributed by atoms with Crippen molar-refractivity contribution >= 4 is 17.3 Å². The number of aromatic nitrogens is 1. The van der Waals surface area contributed by atoms with E-state index in [4.69, 9.17) is 17.3 Å². The van der Waals surface area contributed by atoms with Gasteiger partial charge in [0.05, 0.1) is 11.5 Å². The molecule has 0 unspecified atom stereocenters. The molecule has 0 atom stereocenters. The van der Waals surface area contributed by atoms with Crippen molar-refractivity contribution in [1.82, 2.24) is 4.57 Å². The molecule has 0 bridgehead atoms. The summed E-state index contributed by atoms with van der Waals surface area (Å²) >= 11 is 5.78. The third-order valence-corrected chi connectivity index (χ3v) is 3.08. The Bertz CT molecular complexity index is 595. The van der Waals surface area contributed by atoms with E-state index in [0.717, 1.165) is 12.0 Å². The smallest absolute Gasteiger partial charge is 0.275 e. The SMILES string of the molecule is NCCc1ccn(Cc2ccc(Cl)cc2[N+](=O)[O-])c1. The van der Waals surface area contributed by atoms with Crippen LogP contribution in [0, 0.1) is 10.1 Å². The molecule has 2 N–H and O–H groups in total. The summed E-state index contributed by atoms with van der Waals surface area (Å²) < 4.78 is 1.90. The number of nitro benzene ring substituents is 1. The third-order valence-electron chi connectivity index (χ3n) is 2.84. The predicted molar refractivity (Wildman–Crippen MR) is 74.4 cm³/mol. The van der Waals surface area contributed by atoms with E-state index >= 15 is 0 Å². The number of benzene rings is 1. The lowest BCUT2D eigenvalue weighted by atomic mass is 10.2. The van der Waals surface area contributed by atoms with Crippen molar-refractivity contribution in [2.24, 2.45) is 5.73 Å². The number of halogens is 1. The molecule has 0 aliphatic rings. The van der Waals surface area contributed by atoms with Crippen molar-refractivity contribution in [3.05, 3.63) is 62.9 Å². The number of hydrogen-bond acceptors (Lipinski definition) is 3. The quantitative estimate of drug-likeness (QED) is 0.675. The molecule has 5 nitrogen and oxygen atoms in total. The number of hydrogen-bond donors (Lipinski definition) is 1. The van der Waals surface area contributed by atoms with Crippen LogP contribution in [0.1, 0.15) is 11.1 Å². The Hall–Kier alpha value is -1.85. The van der Waals surface area contributed by atoms with E-state index in [1.54, 1.807) is 12.1 Å². The first-order chi connectivity index (χ1) is 9.10. The minimum atomic E-state index is -0.411. The molecule has 0 amide bonds. The second-order valence-electron chi connectivity index (χ2n) is 4.26. The van der Waals surface area contributed by atoms with Crippen molar-refractivity contribution in [2.75, 3.05) is 6.54 Å². The average Bonchev–Trinajstić information content (AvgIpc) is 2.79. The summed E-state index contributed by atoms with van der Waals surface area (Å²) in [5.74, 6) is 0. The van der Waals surface area contributed by atoms with E-state index in [1.165, 1.54) is 6.07 Å². The zero-order valence-electron chi connectivity index (χ0n) is 10.3. The number of nitrogens with two attached hydrogens (primary N) is 1. The molecule has 100 valence electrons. The molecule has 1 aromatic carbocycles. The zero-order valence-corrected chi connectivity index (χ0v) is 11.0. The highest BCUT2D eigenvalue weighted by Gasteiger charge is 2.14. The molecule has 0 saturated carbocycles. The first kappa shape index (κ1) is 13.6. The fraction of sp³-hybridized carbons (Fsp3) is 0.231. The van der Waals surface area contributed by atoms with Gasteiger partial charge in [0.25, 0.3) is 5.69 Å². The van der Waals surface area contributed by atoms with Crippen molar-refractivity contribution in [3.8, 4) is 0 Å². The fourth-order valence-electron chi connectivity index (χ4n) is 1.94. The van der Waals surface area contributed by atoms with Crippen LogP contribution >= 0.6 is 11.6 Å². The van der Waals surface area contributed by atoms with Crippen molar-refractivity contribution in [2.45, 2.75) is 13.0 Å². The maximum atomic E-state index is 11.0. The monoisotopic (exact) mass is 279 g/mol. The topological polar surface area (TPSA) is 74.1 Å². The van der Waals surface area contributed by atoms with Gasteiger partial charge in [-0.15, -0.1) is 0 Å². The lowest BCUT2D eigenvalue weighted by molar-refractivity contribution is -0.385. The molecule has 0 spiro atoms. The third kappa shape index (κ3) is 3.33. The second-order valence-corrected chi connectivity index (χ2v) is 4.70. The maximum Gasteiger partial charge on any atom is 0.275 e. The van der Waals surface area contributed by atoms with Crippen LogP contribution in [0.5, 0.6) is 0 Å². The minimum absolute atomic E-state index is 0.0431. The minimum Gasteiger partial charge on any atom is -0.349 e. The van der Waals surface area contributed by atoms with E-state index in [9.17, 15) is 10.1 Å². The Morgan fingerprint density at radius 1 is 1.37 bits per heavy atom. The van der Waals surface area contributed by atoms with Gasteiger partial charge in [0, 0.05) is 29.0 Å². The van der Waals surface area contributed by atoms with Gasteiger partial charge >= 0.3 is 0 Å². The predicted octanol–water partition coefficient (Wildman–Crippen LogP) is 2.60. The first-order valence-corrected chi connectivity index (χ1v) is 6.25. The highest BCUT2D eigenvalue weighted by molar-refractivity contribution is 6.30. The normalized spacial score (nSPS) is 10.6. The van der Waals surface area contributed by atoms with E-state index in [-0.39, 0.29) is 5.69 Å². The van der Waals surface area contributed by atoms with E-state index in [2.05, 4.69) is 0 Å². The average molecular weight is 280 g/mol. The van der Waals surface area contributed by atoms with Gasteiger partial charge in [-0.05, 0) is 36.7 Å². The molecular weight excluding hydrogens is 266 g/mol. The lowest BCUT2D eigenvalue weighted by Gasteiger charge is -2.05. The largest absolute Gasteiger partial charge is 0.349 e. The summed E-state index contributed by atoms with van der Waals surface area (Å²) in [5, 5.41) is 11.4. The van der Waals surface area contributed by atoms with Crippen molar-refractivity contribution in [1.29, 1.82) is 0 Å². The van der Waals surface area contributed by atoms with E-state index in [1.807, 2.05) is 23.0 Å². The molecule has 19 heavy (non-hydrogen) atoms. The first-order valence-electron chi connectivity index (χ1n) is 5.87. The molecule has 0 radical (unpaired) electrons. The summed E-state index contributed by atoms with van der Waals surface area (Å²) in [6.45, 7) is 1.03. The van der Waals surface area contributed by atoms with Gasteiger partial charge in [-0.3, -0.25) is 10.1 Å². The molecule has 6 heteroatoms. The standard InChI is InChI=1S/C13H14ClN3O2/c14-12-2-1-11(13(7-12)17(18)19)9-16-6-4-10(8-16)3-5-15/h1-2,4,6-8H,3,5,9,15H2. The lowest BCUT2D eigenvalue weighted by Crippen LogP contribution is -2.03. The Labute approximate surface area is 115 Å². The van der Waals surface area contributed by atoms with E-state index < -0.39 is 4.92 Å². The van der Waals surface area contributed by atoms with Crippen LogP contribution in [0.25, 0.3) is 0 Å². The molecular formula is C13H14ClN3O2. The van der Waals surface area contributed by atoms with Gasteiger partial charge in [-0.1, -0.05) is 11.6 Å². The zero-order chi connectivity index (χ0) is 13.8. The van der Waals surface area contributed by atoms with Crippen LogP contribution in [0.15, 0.2) is 36.7 Å². The van der Waals surface area contributed by atoms with Gasteiger partial charge in [-0.25, -0.2) is 0 Å². The summed E-state index contributed by atoms with van der Waals surface area (Å²) in [5.41, 5.74) is 7.29. The Balaban J connectivity index is 2.24. The van der Waals surface area contributed by atoms with Gasteiger partial charge < -0.3 is 10.3 Å². The van der Waals surface area contributed by atoms with Gasteiger partial charge in [-0.2, -0.15) is 0 Å². The number of rotatable bonds is 5. The molecule has 0 saturated heterocycles. The van der Waals surface area contributed by atoms with Gasteiger partial charge in [0.15, 0.2) is 0 Å². The highest BCUT2D eigenvalue weighted by atomic mass is 35.5. The molecule has 0 aliphatic heterocycles. The Morgan fingerprint density at radius 2 is 2.16 bits per heavy atom. The maximum absolute atomic E-state index is 11.0. The van der Waals surface area contributed by atoms with Gasteiger partial charge in [0.1, 0.15) is 0 Å². The van der Waals surface area contributed by atoms with Crippen LogP contribution < -0.4 is 5.73 Å². The van der Waals surface area contributed by atoms with E-state index in [0.29, 0.717) is 23.7 Å². The summed E-state index contributed by atoms with van der Waals surface area (Å²) in [4.78, 5) is 10.6. The van der Waals surface area contributed by atoms with Crippen molar-refractivity contribution in [3.63, 3.8) is 0 Å². The van der Waals surface area contributed by atoms with Gasteiger partial charge in [0.2, 0.25) is 0 Å². The van der Waals surface area contributed by atoms with Crippen LogP contribution in [-0.2, 0) is 13.0 Å².